The molecule has 0 aliphatic heterocycles. The summed E-state index contributed by atoms with van der Waals surface area (Å²) >= 11 is 0. The number of hydrogen-bond acceptors (Lipinski definition) is 4. The highest BCUT2D eigenvalue weighted by molar-refractivity contribution is 8.13. The molecule has 7 heteroatoms. The van der Waals surface area contributed by atoms with E-state index in [-0.39, 0.29) is 12.1 Å². The maximum absolute atomic E-state index is 11.2. The van der Waals surface area contributed by atoms with Crippen molar-refractivity contribution in [3.63, 3.8) is 0 Å². The molecule has 0 bridgehead atoms. The quantitative estimate of drug-likeness (QED) is 0.475. The van der Waals surface area contributed by atoms with Gasteiger partial charge < -0.3 is 0 Å². The van der Waals surface area contributed by atoms with Crippen LogP contribution >= 0.6 is 10.7 Å². The van der Waals surface area contributed by atoms with E-state index < -0.39 is 19.2 Å². The molecule has 0 aliphatic rings. The fraction of sp³-hybridized carbons (Fsp3) is 0.333. The fourth-order valence-corrected chi connectivity index (χ4v) is 2.99. The Kier molecular flexibility index (Phi) is 3.88. The van der Waals surface area contributed by atoms with Gasteiger partial charge in [0.05, 0.1) is 4.92 Å². The minimum Gasteiger partial charge on any atom is -0.258 e. The smallest absolute Gasteiger partial charge is 0.258 e. The molecule has 88 valence electrons. The van der Waals surface area contributed by atoms with Crippen molar-refractivity contribution in [2.75, 3.05) is 0 Å². The Bertz CT molecular complexity index is 500. The largest absolute Gasteiger partial charge is 0.269 e. The fourth-order valence-electron chi connectivity index (χ4n) is 1.44. The van der Waals surface area contributed by atoms with Gasteiger partial charge in [0, 0.05) is 22.8 Å². The van der Waals surface area contributed by atoms with Gasteiger partial charge in [-0.2, -0.15) is 0 Å². The summed E-state index contributed by atoms with van der Waals surface area (Å²) in [6.45, 7) is 1.66. The van der Waals surface area contributed by atoms with Crippen LogP contribution in [-0.2, 0) is 9.05 Å². The maximum atomic E-state index is 11.2. The van der Waals surface area contributed by atoms with Crippen molar-refractivity contribution in [2.24, 2.45) is 0 Å². The van der Waals surface area contributed by atoms with Gasteiger partial charge in [-0.1, -0.05) is 19.1 Å². The summed E-state index contributed by atoms with van der Waals surface area (Å²) < 4.78 is 22.5. The Morgan fingerprint density at radius 3 is 2.56 bits per heavy atom. The number of nitro benzene ring substituents is 1. The molecule has 1 rings (SSSR count). The van der Waals surface area contributed by atoms with Gasteiger partial charge in [0.2, 0.25) is 9.05 Å². The molecular weight excluding hydrogens is 254 g/mol. The van der Waals surface area contributed by atoms with Crippen LogP contribution in [0.1, 0.15) is 24.2 Å². The Morgan fingerprint density at radius 1 is 1.50 bits per heavy atom. The molecular formula is C9H10ClNO4S. The number of benzene rings is 1. The minimum absolute atomic E-state index is 0.142. The third-order valence-electron chi connectivity index (χ3n) is 2.16. The highest BCUT2D eigenvalue weighted by atomic mass is 35.7. The molecule has 1 unspecified atom stereocenters. The van der Waals surface area contributed by atoms with E-state index >= 15 is 0 Å². The number of non-ortho nitro benzene ring substituents is 1. The van der Waals surface area contributed by atoms with E-state index in [1.54, 1.807) is 6.92 Å². The third kappa shape index (κ3) is 2.93. The van der Waals surface area contributed by atoms with Crippen molar-refractivity contribution >= 4 is 25.4 Å². The van der Waals surface area contributed by atoms with Crippen LogP contribution < -0.4 is 0 Å². The van der Waals surface area contributed by atoms with Gasteiger partial charge >= 0.3 is 0 Å². The van der Waals surface area contributed by atoms with Gasteiger partial charge in [0.1, 0.15) is 5.25 Å². The zero-order chi connectivity index (χ0) is 12.3. The second-order valence-electron chi connectivity index (χ2n) is 3.22. The molecule has 5 nitrogen and oxygen atoms in total. The first-order valence-corrected chi connectivity index (χ1v) is 6.91. The standard InChI is InChI=1S/C9H10ClNO4S/c1-2-9(16(10,14)15)7-4-3-5-8(6-7)11(12)13/h3-6,9H,2H2,1H3. The van der Waals surface area contributed by atoms with E-state index in [0.29, 0.717) is 5.56 Å². The van der Waals surface area contributed by atoms with Crippen LogP contribution in [0.4, 0.5) is 5.69 Å². The van der Waals surface area contributed by atoms with Crippen LogP contribution in [0.3, 0.4) is 0 Å². The molecule has 0 fully saturated rings. The summed E-state index contributed by atoms with van der Waals surface area (Å²) in [5.74, 6) is 0. The first-order valence-electron chi connectivity index (χ1n) is 4.54. The van der Waals surface area contributed by atoms with Crippen molar-refractivity contribution in [1.82, 2.24) is 0 Å². The Hall–Kier alpha value is -1.14. The van der Waals surface area contributed by atoms with Crippen molar-refractivity contribution in [1.29, 1.82) is 0 Å². The first-order chi connectivity index (χ1) is 7.36. The topological polar surface area (TPSA) is 77.3 Å². The summed E-state index contributed by atoms with van der Waals surface area (Å²) in [7, 11) is 1.51. The molecule has 1 aromatic rings. The number of rotatable bonds is 4. The third-order valence-corrected chi connectivity index (χ3v) is 4.09. The molecule has 1 atom stereocenters. The SMILES string of the molecule is CCC(c1cccc([N+](=O)[O-])c1)S(=O)(=O)Cl. The number of nitro groups is 1. The van der Waals surface area contributed by atoms with Gasteiger partial charge in [-0.3, -0.25) is 10.1 Å². The van der Waals surface area contributed by atoms with E-state index in [1.165, 1.54) is 24.3 Å². The van der Waals surface area contributed by atoms with E-state index in [9.17, 15) is 18.5 Å². The van der Waals surface area contributed by atoms with E-state index in [4.69, 9.17) is 10.7 Å². The average molecular weight is 264 g/mol. The molecule has 1 aromatic carbocycles. The second-order valence-corrected chi connectivity index (χ2v) is 6.04. The number of nitrogens with zero attached hydrogens (tertiary/aromatic N) is 1. The molecule has 0 radical (unpaired) electrons. The van der Waals surface area contributed by atoms with E-state index in [0.717, 1.165) is 0 Å². The number of hydrogen-bond donors (Lipinski definition) is 0. The summed E-state index contributed by atoms with van der Waals surface area (Å²) in [5, 5.41) is 9.63. The zero-order valence-electron chi connectivity index (χ0n) is 8.46. The molecule has 0 saturated heterocycles. The predicted molar refractivity (Wildman–Crippen MR) is 60.9 cm³/mol. The minimum atomic E-state index is -3.76. The molecule has 0 aliphatic carbocycles. The van der Waals surface area contributed by atoms with Gasteiger partial charge in [-0.25, -0.2) is 8.42 Å². The maximum Gasteiger partial charge on any atom is 0.269 e. The Balaban J connectivity index is 3.22. The van der Waals surface area contributed by atoms with Crippen LogP contribution in [0.2, 0.25) is 0 Å². The van der Waals surface area contributed by atoms with Crippen LogP contribution in [0.25, 0.3) is 0 Å². The van der Waals surface area contributed by atoms with Crippen molar-refractivity contribution in [2.45, 2.75) is 18.6 Å². The zero-order valence-corrected chi connectivity index (χ0v) is 10.0. The summed E-state index contributed by atoms with van der Waals surface area (Å²) in [6, 6.07) is 5.49. The lowest BCUT2D eigenvalue weighted by atomic mass is 10.1. The van der Waals surface area contributed by atoms with E-state index in [1.807, 2.05) is 0 Å². The summed E-state index contributed by atoms with van der Waals surface area (Å²) in [6.07, 6.45) is 0.271. The van der Waals surface area contributed by atoms with Crippen LogP contribution in [0, 0.1) is 10.1 Å². The van der Waals surface area contributed by atoms with Gasteiger partial charge in [0.15, 0.2) is 0 Å². The van der Waals surface area contributed by atoms with Crippen molar-refractivity contribution in [3.05, 3.63) is 39.9 Å². The Morgan fingerprint density at radius 2 is 2.12 bits per heavy atom. The lowest BCUT2D eigenvalue weighted by Gasteiger charge is -2.10. The van der Waals surface area contributed by atoms with Crippen molar-refractivity contribution < 1.29 is 13.3 Å². The lowest BCUT2D eigenvalue weighted by Crippen LogP contribution is -2.06. The van der Waals surface area contributed by atoms with Gasteiger partial charge in [0.25, 0.3) is 5.69 Å². The normalized spacial score (nSPS) is 13.4. The molecule has 0 amide bonds. The summed E-state index contributed by atoms with van der Waals surface area (Å²) in [5.41, 5.74) is 0.197. The van der Waals surface area contributed by atoms with Crippen LogP contribution in [-0.4, -0.2) is 13.3 Å². The van der Waals surface area contributed by atoms with E-state index in [2.05, 4.69) is 0 Å². The first kappa shape index (κ1) is 12.9. The number of halogens is 1. The van der Waals surface area contributed by atoms with Gasteiger partial charge in [-0.15, -0.1) is 0 Å². The van der Waals surface area contributed by atoms with Gasteiger partial charge in [-0.05, 0) is 12.0 Å². The highest BCUT2D eigenvalue weighted by Crippen LogP contribution is 2.30. The molecule has 16 heavy (non-hydrogen) atoms. The average Bonchev–Trinajstić information content (AvgIpc) is 2.17. The van der Waals surface area contributed by atoms with Crippen molar-refractivity contribution in [3.8, 4) is 0 Å². The molecule has 0 saturated carbocycles. The van der Waals surface area contributed by atoms with Crippen LogP contribution in [0.5, 0.6) is 0 Å². The second kappa shape index (κ2) is 4.80. The Labute approximate surface area is 97.6 Å². The predicted octanol–water partition coefficient (Wildman–Crippen LogP) is 2.61. The monoisotopic (exact) mass is 263 g/mol. The summed E-state index contributed by atoms with van der Waals surface area (Å²) in [4.78, 5) is 9.96. The molecule has 0 heterocycles. The molecule has 0 spiro atoms. The highest BCUT2D eigenvalue weighted by Gasteiger charge is 2.24. The molecule has 0 aromatic heterocycles. The molecule has 0 N–H and O–H groups in total. The lowest BCUT2D eigenvalue weighted by molar-refractivity contribution is -0.384. The van der Waals surface area contributed by atoms with Crippen LogP contribution in [0.15, 0.2) is 24.3 Å².